The van der Waals surface area contributed by atoms with E-state index in [-0.39, 0.29) is 11.9 Å². The zero-order chi connectivity index (χ0) is 16.3. The molecule has 2 rings (SSSR count). The van der Waals surface area contributed by atoms with Gasteiger partial charge in [-0.05, 0) is 37.5 Å². The molecule has 0 spiro atoms. The van der Waals surface area contributed by atoms with Crippen molar-refractivity contribution in [1.29, 1.82) is 0 Å². The van der Waals surface area contributed by atoms with Crippen molar-refractivity contribution in [3.8, 4) is 0 Å². The number of carbonyl (C=O) groups excluding carboxylic acids is 1. The van der Waals surface area contributed by atoms with E-state index in [1.54, 1.807) is 6.92 Å². The minimum Gasteiger partial charge on any atom is -0.392 e. The van der Waals surface area contributed by atoms with Gasteiger partial charge in [-0.2, -0.15) is 13.2 Å². The maximum absolute atomic E-state index is 12.5. The number of carbonyl (C=O) groups is 1. The van der Waals surface area contributed by atoms with Crippen LogP contribution in [-0.4, -0.2) is 35.7 Å². The Morgan fingerprint density at radius 2 is 2.05 bits per heavy atom. The lowest BCUT2D eigenvalue weighted by atomic mass is 10.0. The van der Waals surface area contributed by atoms with Crippen LogP contribution in [0.2, 0.25) is 0 Å². The number of nitrogens with one attached hydrogen (secondary N) is 2. The van der Waals surface area contributed by atoms with Gasteiger partial charge in [0, 0.05) is 12.6 Å². The summed E-state index contributed by atoms with van der Waals surface area (Å²) < 4.78 is 37.4. The van der Waals surface area contributed by atoms with Gasteiger partial charge < -0.3 is 15.7 Å². The largest absolute Gasteiger partial charge is 0.416 e. The summed E-state index contributed by atoms with van der Waals surface area (Å²) >= 11 is 0. The normalized spacial score (nSPS) is 23.3. The lowest BCUT2D eigenvalue weighted by molar-refractivity contribution is -0.137. The Balaban J connectivity index is 1.86. The predicted octanol–water partition coefficient (Wildman–Crippen LogP) is 1.48. The molecule has 1 aromatic carbocycles. The molecule has 0 unspecified atom stereocenters. The summed E-state index contributed by atoms with van der Waals surface area (Å²) in [5, 5.41) is 15.1. The Labute approximate surface area is 126 Å². The first-order valence-corrected chi connectivity index (χ1v) is 7.13. The molecule has 7 heteroatoms. The van der Waals surface area contributed by atoms with Crippen LogP contribution in [0.4, 0.5) is 13.2 Å². The zero-order valence-corrected chi connectivity index (χ0v) is 12.2. The monoisotopic (exact) mass is 316 g/mol. The quantitative estimate of drug-likeness (QED) is 0.788. The van der Waals surface area contributed by atoms with E-state index in [1.807, 2.05) is 0 Å². The van der Waals surface area contributed by atoms with Crippen LogP contribution in [0.1, 0.15) is 24.5 Å². The molecule has 0 aromatic heterocycles. The van der Waals surface area contributed by atoms with Crippen LogP contribution in [0, 0.1) is 0 Å². The summed E-state index contributed by atoms with van der Waals surface area (Å²) in [5.74, 6) is -0.198. The highest BCUT2D eigenvalue weighted by Crippen LogP contribution is 2.29. The Morgan fingerprint density at radius 1 is 1.41 bits per heavy atom. The van der Waals surface area contributed by atoms with Crippen LogP contribution in [0.5, 0.6) is 0 Å². The van der Waals surface area contributed by atoms with E-state index in [0.717, 1.165) is 17.7 Å². The number of benzene rings is 1. The standard InChI is InChI=1S/C15H19F3N2O2/c1-9(20-14(22)13-7-12(21)8-19-13)6-10-2-4-11(5-3-10)15(16,17)18/h2-5,9,12-13,19,21H,6-8H2,1H3,(H,20,22)/t9-,12+,13+/m1/s1. The summed E-state index contributed by atoms with van der Waals surface area (Å²) in [5.41, 5.74) is 0.0392. The molecule has 0 radical (unpaired) electrons. The van der Waals surface area contributed by atoms with Crippen molar-refractivity contribution in [3.63, 3.8) is 0 Å². The number of hydrogen-bond donors (Lipinski definition) is 3. The Hall–Kier alpha value is -1.60. The number of aliphatic hydroxyl groups is 1. The molecule has 0 saturated carbocycles. The van der Waals surface area contributed by atoms with Crippen LogP contribution in [0.3, 0.4) is 0 Å². The number of hydrogen-bond acceptors (Lipinski definition) is 3. The van der Waals surface area contributed by atoms with Crippen molar-refractivity contribution < 1.29 is 23.1 Å². The molecule has 22 heavy (non-hydrogen) atoms. The van der Waals surface area contributed by atoms with Gasteiger partial charge in [-0.25, -0.2) is 0 Å². The van der Waals surface area contributed by atoms with Gasteiger partial charge in [0.25, 0.3) is 0 Å². The van der Waals surface area contributed by atoms with Gasteiger partial charge in [0.05, 0.1) is 17.7 Å². The van der Waals surface area contributed by atoms with Crippen molar-refractivity contribution in [1.82, 2.24) is 10.6 Å². The first-order valence-electron chi connectivity index (χ1n) is 7.13. The van der Waals surface area contributed by atoms with Crippen molar-refractivity contribution in [2.24, 2.45) is 0 Å². The number of β-amino-alcohol motifs (C(OH)–C–C–N with tert-alkyl or cyclic N) is 1. The second-order valence-corrected chi connectivity index (χ2v) is 5.66. The molecule has 3 atom stereocenters. The molecule has 122 valence electrons. The molecule has 0 aliphatic carbocycles. The number of alkyl halides is 3. The molecule has 1 saturated heterocycles. The summed E-state index contributed by atoms with van der Waals surface area (Å²) in [7, 11) is 0. The molecule has 1 amide bonds. The molecule has 3 N–H and O–H groups in total. The van der Waals surface area contributed by atoms with Gasteiger partial charge in [0.2, 0.25) is 5.91 Å². The topological polar surface area (TPSA) is 61.4 Å². The SMILES string of the molecule is C[C@H](Cc1ccc(C(F)(F)F)cc1)NC(=O)[C@@H]1C[C@H](O)CN1. The van der Waals surface area contributed by atoms with Crippen molar-refractivity contribution in [2.75, 3.05) is 6.54 Å². The minimum atomic E-state index is -4.34. The maximum Gasteiger partial charge on any atom is 0.416 e. The number of rotatable bonds is 4. The smallest absolute Gasteiger partial charge is 0.392 e. The summed E-state index contributed by atoms with van der Waals surface area (Å²) in [6, 6.07) is 4.30. The van der Waals surface area contributed by atoms with Gasteiger partial charge in [0.1, 0.15) is 0 Å². The highest BCUT2D eigenvalue weighted by Gasteiger charge is 2.30. The van der Waals surface area contributed by atoms with E-state index in [4.69, 9.17) is 0 Å². The van der Waals surface area contributed by atoms with Gasteiger partial charge in [-0.1, -0.05) is 12.1 Å². The third kappa shape index (κ3) is 4.45. The lowest BCUT2D eigenvalue weighted by Crippen LogP contribution is -2.44. The van der Waals surface area contributed by atoms with Crippen molar-refractivity contribution in [3.05, 3.63) is 35.4 Å². The third-order valence-corrected chi connectivity index (χ3v) is 3.64. The fourth-order valence-corrected chi connectivity index (χ4v) is 2.49. The van der Waals surface area contributed by atoms with Crippen LogP contribution >= 0.6 is 0 Å². The Bertz CT molecular complexity index is 517. The molecular weight excluding hydrogens is 297 g/mol. The fourth-order valence-electron chi connectivity index (χ4n) is 2.49. The molecule has 0 bridgehead atoms. The average molecular weight is 316 g/mol. The first kappa shape index (κ1) is 16.8. The number of halogens is 3. The van der Waals surface area contributed by atoms with Crippen molar-refractivity contribution in [2.45, 2.75) is 44.1 Å². The second-order valence-electron chi connectivity index (χ2n) is 5.66. The maximum atomic E-state index is 12.5. The first-order chi connectivity index (χ1) is 10.3. The lowest BCUT2D eigenvalue weighted by Gasteiger charge is -2.17. The molecule has 1 fully saturated rings. The predicted molar refractivity (Wildman–Crippen MR) is 75.2 cm³/mol. The van der Waals surface area contributed by atoms with E-state index in [9.17, 15) is 23.1 Å². The van der Waals surface area contributed by atoms with Crippen LogP contribution in [-0.2, 0) is 17.4 Å². The highest BCUT2D eigenvalue weighted by molar-refractivity contribution is 5.82. The van der Waals surface area contributed by atoms with Crippen molar-refractivity contribution >= 4 is 5.91 Å². The molecule has 1 aliphatic rings. The van der Waals surface area contributed by atoms with Crippen LogP contribution < -0.4 is 10.6 Å². The second kappa shape index (κ2) is 6.66. The van der Waals surface area contributed by atoms with Gasteiger partial charge in [0.15, 0.2) is 0 Å². The van der Waals surface area contributed by atoms with E-state index in [2.05, 4.69) is 10.6 Å². The molecule has 1 aliphatic heterocycles. The van der Waals surface area contributed by atoms with Crippen LogP contribution in [0.25, 0.3) is 0 Å². The fraction of sp³-hybridized carbons (Fsp3) is 0.533. The molecule has 4 nitrogen and oxygen atoms in total. The zero-order valence-electron chi connectivity index (χ0n) is 12.2. The number of amides is 1. The van der Waals surface area contributed by atoms with Gasteiger partial charge in [-0.3, -0.25) is 4.79 Å². The molecular formula is C15H19F3N2O2. The van der Waals surface area contributed by atoms with Gasteiger partial charge in [-0.15, -0.1) is 0 Å². The molecule has 1 aromatic rings. The summed E-state index contributed by atoms with van der Waals surface area (Å²) in [6.45, 7) is 2.19. The third-order valence-electron chi connectivity index (χ3n) is 3.64. The Morgan fingerprint density at radius 3 is 2.55 bits per heavy atom. The summed E-state index contributed by atoms with van der Waals surface area (Å²) in [6.07, 6.45) is -4.04. The van der Waals surface area contributed by atoms with Gasteiger partial charge >= 0.3 is 6.18 Å². The summed E-state index contributed by atoms with van der Waals surface area (Å²) in [4.78, 5) is 11.9. The van der Waals surface area contributed by atoms with Crippen LogP contribution in [0.15, 0.2) is 24.3 Å². The van der Waals surface area contributed by atoms with E-state index in [0.29, 0.717) is 19.4 Å². The molecule has 1 heterocycles. The number of aliphatic hydroxyl groups excluding tert-OH is 1. The Kier molecular flexibility index (Phi) is 5.08. The van der Waals surface area contributed by atoms with E-state index >= 15 is 0 Å². The van der Waals surface area contributed by atoms with E-state index < -0.39 is 23.9 Å². The highest BCUT2D eigenvalue weighted by atomic mass is 19.4. The average Bonchev–Trinajstić information content (AvgIpc) is 2.85. The minimum absolute atomic E-state index is 0.198. The van der Waals surface area contributed by atoms with E-state index in [1.165, 1.54) is 12.1 Å².